The van der Waals surface area contributed by atoms with E-state index in [-0.39, 0.29) is 5.91 Å². The topological polar surface area (TPSA) is 87.3 Å². The zero-order valence-electron chi connectivity index (χ0n) is 10.4. The van der Waals surface area contributed by atoms with Gasteiger partial charge in [-0.2, -0.15) is 5.10 Å². The maximum atomic E-state index is 12.1. The lowest BCUT2D eigenvalue weighted by molar-refractivity contribution is -0.133. The minimum absolute atomic E-state index is 0.118. The molecule has 0 bridgehead atoms. The third-order valence-corrected chi connectivity index (χ3v) is 3.00. The Labute approximate surface area is 104 Å². The van der Waals surface area contributed by atoms with Gasteiger partial charge in [0.1, 0.15) is 6.04 Å². The van der Waals surface area contributed by atoms with Crippen molar-refractivity contribution < 1.29 is 14.3 Å². The molecule has 98 valence electrons. The Hall–Kier alpha value is -2.05. The van der Waals surface area contributed by atoms with Crippen molar-refractivity contribution in [1.82, 2.24) is 20.4 Å². The van der Waals surface area contributed by atoms with E-state index < -0.39 is 12.1 Å². The predicted molar refractivity (Wildman–Crippen MR) is 62.7 cm³/mol. The molecule has 2 heterocycles. The summed E-state index contributed by atoms with van der Waals surface area (Å²) in [6, 6.07) is -0.592. The van der Waals surface area contributed by atoms with Gasteiger partial charge in [0.15, 0.2) is 0 Å². The molecule has 0 saturated heterocycles. The van der Waals surface area contributed by atoms with Gasteiger partial charge < -0.3 is 15.0 Å². The van der Waals surface area contributed by atoms with Gasteiger partial charge in [0.2, 0.25) is 5.91 Å². The average Bonchev–Trinajstić information content (AvgIpc) is 2.84. The number of amides is 2. The Balaban J connectivity index is 1.96. The van der Waals surface area contributed by atoms with Crippen LogP contribution >= 0.6 is 0 Å². The second-order valence-electron chi connectivity index (χ2n) is 4.24. The normalized spacial score (nSPS) is 15.8. The van der Waals surface area contributed by atoms with Crippen molar-refractivity contribution in [1.29, 1.82) is 0 Å². The van der Waals surface area contributed by atoms with Crippen LogP contribution < -0.4 is 5.32 Å². The molecule has 0 saturated carbocycles. The third kappa shape index (κ3) is 2.44. The van der Waals surface area contributed by atoms with Crippen LogP contribution in [0, 0.1) is 0 Å². The highest BCUT2D eigenvalue weighted by Crippen LogP contribution is 2.16. The zero-order chi connectivity index (χ0) is 13.1. The van der Waals surface area contributed by atoms with Crippen molar-refractivity contribution in [2.75, 3.05) is 13.7 Å². The number of nitrogens with one attached hydrogen (secondary N) is 2. The lowest BCUT2D eigenvalue weighted by atomic mass is 10.1. The maximum absolute atomic E-state index is 12.1. The molecule has 0 aliphatic carbocycles. The molecule has 18 heavy (non-hydrogen) atoms. The van der Waals surface area contributed by atoms with Crippen molar-refractivity contribution in [2.24, 2.45) is 0 Å². The number of ether oxygens (including phenoxy) is 1. The molecule has 1 aromatic heterocycles. The largest absolute Gasteiger partial charge is 0.453 e. The fraction of sp³-hybridized carbons (Fsp3) is 0.545. The van der Waals surface area contributed by atoms with Crippen LogP contribution in [0.2, 0.25) is 0 Å². The molecule has 2 N–H and O–H groups in total. The zero-order valence-corrected chi connectivity index (χ0v) is 10.4. The highest BCUT2D eigenvalue weighted by molar-refractivity contribution is 5.85. The van der Waals surface area contributed by atoms with Gasteiger partial charge in [-0.25, -0.2) is 4.79 Å². The first-order chi connectivity index (χ1) is 8.61. The summed E-state index contributed by atoms with van der Waals surface area (Å²) in [6.45, 7) is 2.79. The molecule has 0 spiro atoms. The Morgan fingerprint density at radius 2 is 2.39 bits per heavy atom. The van der Waals surface area contributed by atoms with Crippen LogP contribution in [-0.2, 0) is 22.5 Å². The number of H-pyrrole nitrogens is 1. The summed E-state index contributed by atoms with van der Waals surface area (Å²) < 4.78 is 4.47. The van der Waals surface area contributed by atoms with Gasteiger partial charge in [-0.3, -0.25) is 9.89 Å². The molecule has 0 unspecified atom stereocenters. The molecule has 2 rings (SSSR count). The predicted octanol–water partition coefficient (Wildman–Crippen LogP) is 0.0389. The molecule has 1 atom stereocenters. The number of aromatic amines is 1. The number of aromatic nitrogens is 2. The fourth-order valence-corrected chi connectivity index (χ4v) is 1.98. The van der Waals surface area contributed by atoms with Crippen LogP contribution in [0.5, 0.6) is 0 Å². The summed E-state index contributed by atoms with van der Waals surface area (Å²) in [7, 11) is 1.27. The molecular weight excluding hydrogens is 236 g/mol. The number of carbonyl (C=O) groups is 2. The molecule has 0 aromatic carbocycles. The minimum atomic E-state index is -0.600. The van der Waals surface area contributed by atoms with Crippen LogP contribution in [-0.4, -0.2) is 46.8 Å². The fourth-order valence-electron chi connectivity index (χ4n) is 1.98. The van der Waals surface area contributed by atoms with E-state index >= 15 is 0 Å². The number of methoxy groups -OCH3 is 1. The second-order valence-corrected chi connectivity index (χ2v) is 4.24. The first-order valence-corrected chi connectivity index (χ1v) is 5.76. The quantitative estimate of drug-likeness (QED) is 0.778. The summed E-state index contributed by atoms with van der Waals surface area (Å²) in [5.74, 6) is -0.118. The van der Waals surface area contributed by atoms with Crippen LogP contribution in [0.15, 0.2) is 6.20 Å². The number of hydrogen-bond donors (Lipinski definition) is 2. The standard InChI is InChI=1S/C11H16N4O3/c1-7(13-11(17)18-2)10(16)15-4-3-9-8(6-15)5-12-14-9/h5,7H,3-4,6H2,1-2H3,(H,12,14)(H,13,17)/t7-/m0/s1. The Morgan fingerprint density at radius 3 is 3.11 bits per heavy atom. The molecule has 1 aromatic rings. The molecule has 1 aliphatic rings. The molecule has 1 aliphatic heterocycles. The highest BCUT2D eigenvalue weighted by Gasteiger charge is 2.26. The van der Waals surface area contributed by atoms with E-state index in [0.717, 1.165) is 17.7 Å². The van der Waals surface area contributed by atoms with Gasteiger partial charge in [0.05, 0.1) is 13.3 Å². The Bertz CT molecular complexity index is 457. The van der Waals surface area contributed by atoms with Gasteiger partial charge in [-0.05, 0) is 6.92 Å². The van der Waals surface area contributed by atoms with Crippen LogP contribution in [0.3, 0.4) is 0 Å². The van der Waals surface area contributed by atoms with E-state index in [1.807, 2.05) is 0 Å². The number of hydrogen-bond acceptors (Lipinski definition) is 4. The number of rotatable bonds is 2. The summed E-state index contributed by atoms with van der Waals surface area (Å²) >= 11 is 0. The highest BCUT2D eigenvalue weighted by atomic mass is 16.5. The van der Waals surface area contributed by atoms with Crippen LogP contribution in [0.4, 0.5) is 4.79 Å². The van der Waals surface area contributed by atoms with E-state index in [1.54, 1.807) is 18.0 Å². The second kappa shape index (κ2) is 5.07. The minimum Gasteiger partial charge on any atom is -0.453 e. The average molecular weight is 252 g/mol. The summed E-state index contributed by atoms with van der Waals surface area (Å²) in [5, 5.41) is 9.33. The van der Waals surface area contributed by atoms with Crippen molar-refractivity contribution in [3.05, 3.63) is 17.5 Å². The summed E-state index contributed by atoms with van der Waals surface area (Å²) in [6.07, 6.45) is 1.89. The van der Waals surface area contributed by atoms with Gasteiger partial charge >= 0.3 is 6.09 Å². The van der Waals surface area contributed by atoms with E-state index in [9.17, 15) is 9.59 Å². The SMILES string of the molecule is COC(=O)N[C@@H](C)C(=O)N1CCc2[nH]ncc2C1. The third-order valence-electron chi connectivity index (χ3n) is 3.00. The first kappa shape index (κ1) is 12.4. The Morgan fingerprint density at radius 1 is 1.61 bits per heavy atom. The van der Waals surface area contributed by atoms with Crippen molar-refractivity contribution >= 4 is 12.0 Å². The number of alkyl carbamates (subject to hydrolysis) is 1. The van der Waals surface area contributed by atoms with E-state index in [1.165, 1.54) is 7.11 Å². The molecule has 0 radical (unpaired) electrons. The number of nitrogens with zero attached hydrogens (tertiary/aromatic N) is 2. The Kier molecular flexibility index (Phi) is 3.50. The lowest BCUT2D eigenvalue weighted by Crippen LogP contribution is -2.48. The molecule has 0 fully saturated rings. The number of carbonyl (C=O) groups excluding carboxylic acids is 2. The first-order valence-electron chi connectivity index (χ1n) is 5.76. The van der Waals surface area contributed by atoms with E-state index in [4.69, 9.17) is 0 Å². The molecular formula is C11H16N4O3. The lowest BCUT2D eigenvalue weighted by Gasteiger charge is -2.29. The van der Waals surface area contributed by atoms with Crippen LogP contribution in [0.25, 0.3) is 0 Å². The van der Waals surface area contributed by atoms with Gasteiger partial charge in [-0.15, -0.1) is 0 Å². The molecule has 2 amide bonds. The maximum Gasteiger partial charge on any atom is 0.407 e. The van der Waals surface area contributed by atoms with Crippen LogP contribution in [0.1, 0.15) is 18.2 Å². The van der Waals surface area contributed by atoms with Gasteiger partial charge in [-0.1, -0.05) is 0 Å². The van der Waals surface area contributed by atoms with Gasteiger partial charge in [0.25, 0.3) is 0 Å². The van der Waals surface area contributed by atoms with Crippen molar-refractivity contribution in [3.8, 4) is 0 Å². The molecule has 7 heteroatoms. The van der Waals surface area contributed by atoms with Crippen molar-refractivity contribution in [3.63, 3.8) is 0 Å². The summed E-state index contributed by atoms with van der Waals surface area (Å²) in [5.41, 5.74) is 2.10. The smallest absolute Gasteiger partial charge is 0.407 e. The van der Waals surface area contributed by atoms with Gasteiger partial charge in [0, 0.05) is 30.8 Å². The van der Waals surface area contributed by atoms with E-state index in [2.05, 4.69) is 20.3 Å². The van der Waals surface area contributed by atoms with E-state index in [0.29, 0.717) is 13.1 Å². The summed E-state index contributed by atoms with van der Waals surface area (Å²) in [4.78, 5) is 24.9. The molecule has 7 nitrogen and oxygen atoms in total. The number of fused-ring (bicyclic) bond motifs is 1. The van der Waals surface area contributed by atoms with Crippen molar-refractivity contribution in [2.45, 2.75) is 25.9 Å². The monoisotopic (exact) mass is 252 g/mol.